The number of nitrogens with one attached hydrogen (secondary N) is 1. The van der Waals surface area contributed by atoms with Crippen LogP contribution in [0.3, 0.4) is 0 Å². The lowest BCUT2D eigenvalue weighted by Crippen LogP contribution is -2.20. The summed E-state index contributed by atoms with van der Waals surface area (Å²) in [6, 6.07) is 0.527. The minimum Gasteiger partial charge on any atom is -0.307 e. The highest BCUT2D eigenvalue weighted by molar-refractivity contribution is 5.52. The maximum absolute atomic E-state index is 12.8. The lowest BCUT2D eigenvalue weighted by atomic mass is 10.3. The van der Waals surface area contributed by atoms with Crippen LogP contribution in [0.15, 0.2) is 10.9 Å². The number of hydrogen-bond donors (Lipinski definition) is 1. The molecule has 1 N–H and O–H groups in total. The van der Waals surface area contributed by atoms with Gasteiger partial charge in [0.1, 0.15) is 5.65 Å². The Morgan fingerprint density at radius 3 is 2.55 bits per heavy atom. The van der Waals surface area contributed by atoms with E-state index in [2.05, 4.69) is 10.1 Å². The van der Waals surface area contributed by atoms with E-state index in [9.17, 15) is 18.0 Å². The summed E-state index contributed by atoms with van der Waals surface area (Å²) in [5.41, 5.74) is -0.454. The van der Waals surface area contributed by atoms with Gasteiger partial charge < -0.3 is 4.98 Å². The number of aromatic amines is 1. The van der Waals surface area contributed by atoms with Gasteiger partial charge >= 0.3 is 6.18 Å². The van der Waals surface area contributed by atoms with E-state index in [4.69, 9.17) is 0 Å². The molecular formula is C12H15F3N4O. The predicted octanol–water partition coefficient (Wildman–Crippen LogP) is 2.01. The molecule has 0 fully saturated rings. The van der Waals surface area contributed by atoms with Crippen molar-refractivity contribution in [2.45, 2.75) is 33.1 Å². The van der Waals surface area contributed by atoms with Crippen LogP contribution in [0.5, 0.6) is 0 Å². The van der Waals surface area contributed by atoms with E-state index in [0.717, 1.165) is 4.52 Å². The van der Waals surface area contributed by atoms with Gasteiger partial charge in [-0.15, -0.1) is 0 Å². The van der Waals surface area contributed by atoms with Gasteiger partial charge in [-0.1, -0.05) is 13.8 Å². The lowest BCUT2D eigenvalue weighted by Gasteiger charge is -2.10. The van der Waals surface area contributed by atoms with Gasteiger partial charge in [-0.3, -0.25) is 9.69 Å². The molecule has 5 nitrogen and oxygen atoms in total. The van der Waals surface area contributed by atoms with Crippen LogP contribution < -0.4 is 5.56 Å². The van der Waals surface area contributed by atoms with Gasteiger partial charge in [-0.2, -0.15) is 18.3 Å². The zero-order chi connectivity index (χ0) is 15.1. The van der Waals surface area contributed by atoms with Gasteiger partial charge in [0.25, 0.3) is 5.56 Å². The summed E-state index contributed by atoms with van der Waals surface area (Å²) in [7, 11) is 1.84. The number of hydrogen-bond acceptors (Lipinski definition) is 3. The van der Waals surface area contributed by atoms with Crippen molar-refractivity contribution in [3.05, 3.63) is 33.4 Å². The molecule has 0 saturated carbocycles. The number of rotatable bonds is 0. The molecule has 1 aliphatic heterocycles. The first kappa shape index (κ1) is 14.6. The van der Waals surface area contributed by atoms with Gasteiger partial charge in [-0.25, -0.2) is 4.52 Å². The topological polar surface area (TPSA) is 53.4 Å². The molecule has 1 aliphatic rings. The molecule has 0 amide bonds. The molecule has 20 heavy (non-hydrogen) atoms. The van der Waals surface area contributed by atoms with Gasteiger partial charge in [0.15, 0.2) is 5.69 Å². The summed E-state index contributed by atoms with van der Waals surface area (Å²) in [6.07, 6.45) is -4.60. The number of H-pyrrole nitrogens is 1. The smallest absolute Gasteiger partial charge is 0.307 e. The maximum Gasteiger partial charge on any atom is 0.433 e. The highest BCUT2D eigenvalue weighted by atomic mass is 19.4. The van der Waals surface area contributed by atoms with Crippen LogP contribution in [0.25, 0.3) is 5.65 Å². The van der Waals surface area contributed by atoms with Crippen molar-refractivity contribution in [3.8, 4) is 0 Å². The van der Waals surface area contributed by atoms with E-state index in [-0.39, 0.29) is 5.65 Å². The van der Waals surface area contributed by atoms with Crippen LogP contribution in [0.4, 0.5) is 13.2 Å². The number of nitrogens with zero attached hydrogens (tertiary/aromatic N) is 3. The summed E-state index contributed by atoms with van der Waals surface area (Å²) < 4.78 is 39.2. The van der Waals surface area contributed by atoms with E-state index < -0.39 is 17.4 Å². The Hall–Kier alpha value is -1.83. The van der Waals surface area contributed by atoms with Crippen molar-refractivity contribution in [1.82, 2.24) is 19.5 Å². The van der Waals surface area contributed by atoms with Crippen molar-refractivity contribution in [3.63, 3.8) is 0 Å². The fraction of sp³-hybridized carbons (Fsp3) is 0.500. The van der Waals surface area contributed by atoms with Crippen molar-refractivity contribution in [2.24, 2.45) is 0 Å². The summed E-state index contributed by atoms with van der Waals surface area (Å²) in [5, 5.41) is 3.94. The van der Waals surface area contributed by atoms with E-state index >= 15 is 0 Å². The number of alkyl halides is 3. The molecule has 2 aromatic heterocycles. The molecule has 3 rings (SSSR count). The first-order valence-corrected chi connectivity index (χ1v) is 6.26. The molecule has 2 aromatic rings. The van der Waals surface area contributed by atoms with Crippen LogP contribution in [-0.4, -0.2) is 26.5 Å². The van der Waals surface area contributed by atoms with E-state index in [1.807, 2.05) is 25.8 Å². The van der Waals surface area contributed by atoms with Crippen molar-refractivity contribution < 1.29 is 13.2 Å². The van der Waals surface area contributed by atoms with Crippen molar-refractivity contribution in [1.29, 1.82) is 0 Å². The first-order valence-electron chi connectivity index (χ1n) is 6.26. The standard InChI is InChI=1S/C10H9F3N4O.C2H6/c1-16-3-5-6(4-16)15-17-7(10(11,12)13)2-8(18)14-9(5)17;1-2/h2H,3-4H2,1H3,(H,14,18);1-2H3. The third-order valence-electron chi connectivity index (χ3n) is 2.94. The molecule has 0 saturated heterocycles. The van der Waals surface area contributed by atoms with Crippen molar-refractivity contribution in [2.75, 3.05) is 7.05 Å². The Balaban J connectivity index is 0.000000704. The zero-order valence-corrected chi connectivity index (χ0v) is 11.4. The molecule has 0 radical (unpaired) electrons. The summed E-state index contributed by atoms with van der Waals surface area (Å²) in [5.74, 6) is 0. The fourth-order valence-electron chi connectivity index (χ4n) is 2.21. The van der Waals surface area contributed by atoms with E-state index in [1.54, 1.807) is 0 Å². The average Bonchev–Trinajstić information content (AvgIpc) is 2.86. The summed E-state index contributed by atoms with van der Waals surface area (Å²) in [4.78, 5) is 15.7. The van der Waals surface area contributed by atoms with Gasteiger partial charge in [0, 0.05) is 24.7 Å². The highest BCUT2D eigenvalue weighted by Gasteiger charge is 2.36. The molecule has 0 unspecified atom stereocenters. The van der Waals surface area contributed by atoms with Gasteiger partial charge in [0.2, 0.25) is 0 Å². The Labute approximate surface area is 113 Å². The monoisotopic (exact) mass is 288 g/mol. The second-order valence-corrected chi connectivity index (χ2v) is 4.37. The first-order chi connectivity index (χ1) is 9.36. The van der Waals surface area contributed by atoms with Crippen LogP contribution in [0.2, 0.25) is 0 Å². The molecule has 8 heteroatoms. The van der Waals surface area contributed by atoms with Crippen LogP contribution in [-0.2, 0) is 19.3 Å². The minimum atomic E-state index is -4.60. The molecule has 3 heterocycles. The SMILES string of the molecule is CC.CN1Cc2nn3c(C(F)(F)F)cc(=O)[nH]c3c2C1. The molecule has 0 spiro atoms. The van der Waals surface area contributed by atoms with E-state index in [1.165, 1.54) is 0 Å². The Morgan fingerprint density at radius 2 is 1.95 bits per heavy atom. The largest absolute Gasteiger partial charge is 0.433 e. The quantitative estimate of drug-likeness (QED) is 0.807. The molecule has 0 atom stereocenters. The summed E-state index contributed by atoms with van der Waals surface area (Å²) >= 11 is 0. The zero-order valence-electron chi connectivity index (χ0n) is 11.4. The second kappa shape index (κ2) is 4.93. The normalized spacial score (nSPS) is 15.1. The Bertz CT molecular complexity index is 686. The minimum absolute atomic E-state index is 0.133. The third kappa shape index (κ3) is 2.31. The molecule has 0 aliphatic carbocycles. The highest BCUT2D eigenvalue weighted by Crippen LogP contribution is 2.31. The fourth-order valence-corrected chi connectivity index (χ4v) is 2.21. The predicted molar refractivity (Wildman–Crippen MR) is 67.3 cm³/mol. The van der Waals surface area contributed by atoms with Gasteiger partial charge in [0.05, 0.1) is 5.69 Å². The maximum atomic E-state index is 12.8. The second-order valence-electron chi connectivity index (χ2n) is 4.37. The van der Waals surface area contributed by atoms with Crippen molar-refractivity contribution >= 4 is 5.65 Å². The van der Waals surface area contributed by atoms with Crippen LogP contribution >= 0.6 is 0 Å². The number of aromatic nitrogens is 3. The average molecular weight is 288 g/mol. The summed E-state index contributed by atoms with van der Waals surface area (Å²) in [6.45, 7) is 4.96. The van der Waals surface area contributed by atoms with E-state index in [0.29, 0.717) is 30.4 Å². The molecular weight excluding hydrogens is 273 g/mol. The molecule has 0 aromatic carbocycles. The number of halogens is 3. The Morgan fingerprint density at radius 1 is 1.30 bits per heavy atom. The lowest BCUT2D eigenvalue weighted by molar-refractivity contribution is -0.142. The molecule has 0 bridgehead atoms. The van der Waals surface area contributed by atoms with Crippen LogP contribution in [0.1, 0.15) is 30.8 Å². The molecule has 110 valence electrons. The van der Waals surface area contributed by atoms with Crippen LogP contribution in [0, 0.1) is 0 Å². The van der Waals surface area contributed by atoms with Gasteiger partial charge in [-0.05, 0) is 7.05 Å². The third-order valence-corrected chi connectivity index (χ3v) is 2.94. The number of fused-ring (bicyclic) bond motifs is 3. The Kier molecular flexibility index (Phi) is 3.59.